The molecule has 1 unspecified atom stereocenters. The van der Waals surface area contributed by atoms with E-state index in [1.807, 2.05) is 55.5 Å². The van der Waals surface area contributed by atoms with E-state index in [4.69, 9.17) is 29.2 Å². The Morgan fingerprint density at radius 3 is 2.26 bits per heavy atom. The Kier molecular flexibility index (Phi) is 10.8. The normalized spacial score (nSPS) is 11.3. The van der Waals surface area contributed by atoms with Crippen molar-refractivity contribution < 1.29 is 33.3 Å². The van der Waals surface area contributed by atoms with Gasteiger partial charge in [-0.25, -0.2) is 24.5 Å². The number of fused-ring (bicyclic) bond motifs is 1. The Hall–Kier alpha value is -5.40. The minimum Gasteiger partial charge on any atom is -0.434 e. The van der Waals surface area contributed by atoms with Gasteiger partial charge in [0.05, 0.1) is 13.2 Å². The van der Waals surface area contributed by atoms with E-state index in [1.165, 1.54) is 10.9 Å². The van der Waals surface area contributed by atoms with Gasteiger partial charge < -0.3 is 29.0 Å². The fourth-order valence-electron chi connectivity index (χ4n) is 3.60. The highest BCUT2D eigenvalue weighted by Crippen LogP contribution is 2.26. The van der Waals surface area contributed by atoms with Gasteiger partial charge in [-0.2, -0.15) is 0 Å². The summed E-state index contributed by atoms with van der Waals surface area (Å²) in [6.07, 6.45) is -1.63. The zero-order valence-corrected chi connectivity index (χ0v) is 22.7. The fourth-order valence-corrected chi connectivity index (χ4v) is 3.60. The molecule has 0 fully saturated rings. The molecular formula is C27H28N8O7. The number of rotatable bonds is 14. The topological polar surface area (TPSA) is 185 Å². The molecule has 0 aliphatic carbocycles. The van der Waals surface area contributed by atoms with Crippen LogP contribution in [-0.2, 0) is 36.9 Å². The summed E-state index contributed by atoms with van der Waals surface area (Å²) in [6.45, 7) is 2.40. The molecule has 0 saturated carbocycles. The number of aromatic nitrogens is 4. The molecule has 2 heterocycles. The zero-order valence-electron chi connectivity index (χ0n) is 22.7. The summed E-state index contributed by atoms with van der Waals surface area (Å²) >= 11 is 0. The van der Waals surface area contributed by atoms with Crippen LogP contribution >= 0.6 is 0 Å². The number of imidazole rings is 1. The Bertz CT molecular complexity index is 1510. The summed E-state index contributed by atoms with van der Waals surface area (Å²) in [4.78, 5) is 40.0. The van der Waals surface area contributed by atoms with E-state index < -0.39 is 18.7 Å². The Balaban J connectivity index is 1.41. The molecule has 0 bridgehead atoms. The minimum absolute atomic E-state index is 0.00335. The van der Waals surface area contributed by atoms with Crippen molar-refractivity contribution in [2.75, 3.05) is 25.1 Å². The number of nitrogens with one attached hydrogen (secondary N) is 1. The van der Waals surface area contributed by atoms with Gasteiger partial charge in [-0.15, -0.1) is 0 Å². The van der Waals surface area contributed by atoms with E-state index in [1.54, 1.807) is 12.1 Å². The lowest BCUT2D eigenvalue weighted by molar-refractivity contribution is -0.169. The quantitative estimate of drug-likeness (QED) is 0.0480. The molecule has 0 aliphatic rings. The molecule has 1 N–H and O–H groups in total. The molecule has 15 heteroatoms. The van der Waals surface area contributed by atoms with Crippen LogP contribution in [-0.4, -0.2) is 51.6 Å². The second-order valence-corrected chi connectivity index (χ2v) is 8.46. The molecule has 15 nitrogen and oxygen atoms in total. The lowest BCUT2D eigenvalue weighted by Gasteiger charge is -2.19. The van der Waals surface area contributed by atoms with E-state index in [0.29, 0.717) is 17.9 Å². The molecule has 218 valence electrons. The number of ether oxygens (including phenoxy) is 5. The predicted molar refractivity (Wildman–Crippen MR) is 148 cm³/mol. The summed E-state index contributed by atoms with van der Waals surface area (Å²) in [5, 5.41) is 6.51. The lowest BCUT2D eigenvalue weighted by atomic mass is 10.2. The molecule has 2 aromatic heterocycles. The number of nitrogens with zero attached hydrogens (tertiary/aromatic N) is 7. The molecule has 4 aromatic rings. The second kappa shape index (κ2) is 15.4. The summed E-state index contributed by atoms with van der Waals surface area (Å²) in [5.74, 6) is 0.145. The first-order valence-corrected chi connectivity index (χ1v) is 12.9. The molecule has 1 atom stereocenters. The third-order valence-electron chi connectivity index (χ3n) is 5.48. The van der Waals surface area contributed by atoms with E-state index in [2.05, 4.69) is 30.3 Å². The maximum Gasteiger partial charge on any atom is 0.512 e. The fraction of sp³-hybridized carbons (Fsp3) is 0.296. The van der Waals surface area contributed by atoms with Crippen LogP contribution in [0.25, 0.3) is 21.6 Å². The Morgan fingerprint density at radius 1 is 0.952 bits per heavy atom. The number of anilines is 1. The average molecular weight is 577 g/mol. The van der Waals surface area contributed by atoms with Gasteiger partial charge in [-0.05, 0) is 28.7 Å². The van der Waals surface area contributed by atoms with Gasteiger partial charge in [0.2, 0.25) is 5.95 Å². The van der Waals surface area contributed by atoms with Gasteiger partial charge in [0, 0.05) is 17.9 Å². The van der Waals surface area contributed by atoms with Gasteiger partial charge in [-0.1, -0.05) is 60.7 Å². The van der Waals surface area contributed by atoms with Gasteiger partial charge in [0.15, 0.2) is 17.0 Å². The highest BCUT2D eigenvalue weighted by molar-refractivity contribution is 5.84. The highest BCUT2D eigenvalue weighted by Gasteiger charge is 2.23. The van der Waals surface area contributed by atoms with E-state index in [-0.39, 0.29) is 44.4 Å². The number of benzene rings is 2. The molecule has 0 aliphatic heterocycles. The molecule has 0 spiro atoms. The van der Waals surface area contributed by atoms with Crippen LogP contribution in [0.15, 0.2) is 72.1 Å². The first-order chi connectivity index (χ1) is 20.6. The molecular weight excluding hydrogens is 548 g/mol. The maximum absolute atomic E-state index is 12.6. The van der Waals surface area contributed by atoms with Gasteiger partial charge >= 0.3 is 12.3 Å². The number of carbonyl (C=O) groups excluding carboxylic acids is 2. The van der Waals surface area contributed by atoms with Crippen molar-refractivity contribution >= 4 is 35.2 Å². The summed E-state index contributed by atoms with van der Waals surface area (Å²) in [6, 6.07) is 18.3. The Labute approximate surface area is 240 Å². The van der Waals surface area contributed by atoms with Crippen LogP contribution in [0.3, 0.4) is 0 Å². The van der Waals surface area contributed by atoms with Crippen LogP contribution in [0, 0.1) is 0 Å². The zero-order chi connectivity index (χ0) is 29.6. The molecule has 0 saturated heterocycles. The predicted octanol–water partition coefficient (Wildman–Crippen LogP) is 5.77. The number of hydrogen-bond donors (Lipinski definition) is 1. The van der Waals surface area contributed by atoms with Crippen molar-refractivity contribution in [3.05, 3.63) is 88.6 Å². The highest BCUT2D eigenvalue weighted by atomic mass is 16.8. The van der Waals surface area contributed by atoms with E-state index >= 15 is 0 Å². The number of carbonyl (C=O) groups is 2. The van der Waals surface area contributed by atoms with Crippen LogP contribution in [0.4, 0.5) is 21.4 Å². The van der Waals surface area contributed by atoms with Crippen LogP contribution in [0.5, 0.6) is 0 Å². The smallest absolute Gasteiger partial charge is 0.434 e. The van der Waals surface area contributed by atoms with Gasteiger partial charge in [-0.3, -0.25) is 4.57 Å². The number of azide groups is 1. The molecule has 0 radical (unpaired) electrons. The Morgan fingerprint density at radius 2 is 1.62 bits per heavy atom. The average Bonchev–Trinajstić information content (AvgIpc) is 3.44. The van der Waals surface area contributed by atoms with Crippen molar-refractivity contribution in [3.8, 4) is 0 Å². The van der Waals surface area contributed by atoms with E-state index in [0.717, 1.165) is 11.1 Å². The van der Waals surface area contributed by atoms with Crippen molar-refractivity contribution in [1.29, 1.82) is 0 Å². The SMILES string of the molecule is CCNc1nc(N=[N+]=[N-])nc2c1ncn2C(OCCCOC(=O)OCc1ccccc1)OC(=O)OCc1ccccc1. The van der Waals surface area contributed by atoms with Gasteiger partial charge in [0.1, 0.15) is 19.5 Å². The van der Waals surface area contributed by atoms with Gasteiger partial charge in [0.25, 0.3) is 6.41 Å². The minimum atomic E-state index is -1.38. The molecule has 42 heavy (non-hydrogen) atoms. The molecule has 2 aromatic carbocycles. The second-order valence-electron chi connectivity index (χ2n) is 8.46. The van der Waals surface area contributed by atoms with Crippen LogP contribution < -0.4 is 5.32 Å². The summed E-state index contributed by atoms with van der Waals surface area (Å²) in [7, 11) is 0. The van der Waals surface area contributed by atoms with E-state index in [9.17, 15) is 9.59 Å². The maximum atomic E-state index is 12.6. The largest absolute Gasteiger partial charge is 0.512 e. The molecule has 0 amide bonds. The van der Waals surface area contributed by atoms with Crippen LogP contribution in [0.1, 0.15) is 30.9 Å². The summed E-state index contributed by atoms with van der Waals surface area (Å²) in [5.41, 5.74) is 11.0. The standard InChI is InChI=1S/C27H28N8O7/c1-2-29-22-21-23(32-24(31-22)33-34-28)35(18-30-21)25(42-27(37)41-17-20-12-7-4-8-13-20)38-14-9-15-39-26(36)40-16-19-10-5-3-6-11-19/h3-8,10-13,18,25H,2,9,14-17H2,1H3,(H,29,31,32). The van der Waals surface area contributed by atoms with Crippen molar-refractivity contribution in [2.24, 2.45) is 5.11 Å². The summed E-state index contributed by atoms with van der Waals surface area (Å²) < 4.78 is 28.0. The number of hydrogen-bond acceptors (Lipinski definition) is 12. The lowest BCUT2D eigenvalue weighted by Crippen LogP contribution is -2.22. The first-order valence-electron chi connectivity index (χ1n) is 12.9. The van der Waals surface area contributed by atoms with Crippen molar-refractivity contribution in [3.63, 3.8) is 0 Å². The third-order valence-corrected chi connectivity index (χ3v) is 5.48. The van der Waals surface area contributed by atoms with Crippen molar-refractivity contribution in [2.45, 2.75) is 33.0 Å². The first kappa shape index (κ1) is 29.6. The molecule has 4 rings (SSSR count). The van der Waals surface area contributed by atoms with Crippen molar-refractivity contribution in [1.82, 2.24) is 19.5 Å². The van der Waals surface area contributed by atoms with Crippen LogP contribution in [0.2, 0.25) is 0 Å². The monoisotopic (exact) mass is 576 g/mol. The third kappa shape index (κ3) is 8.55.